The van der Waals surface area contributed by atoms with Gasteiger partial charge in [0.15, 0.2) is 0 Å². The van der Waals surface area contributed by atoms with Crippen LogP contribution >= 0.6 is 0 Å². The SMILES string of the molecule is CCCC(C)N(C)C(=O)C(C)(CC)CN. The van der Waals surface area contributed by atoms with Gasteiger partial charge in [0.2, 0.25) is 5.91 Å². The van der Waals surface area contributed by atoms with E-state index in [0.29, 0.717) is 12.6 Å². The van der Waals surface area contributed by atoms with Crippen LogP contribution < -0.4 is 5.73 Å². The number of nitrogens with two attached hydrogens (primary N) is 1. The molecular formula is C12H26N2O. The first-order chi connectivity index (χ1) is 6.92. The molecule has 3 nitrogen and oxygen atoms in total. The van der Waals surface area contributed by atoms with Gasteiger partial charge in [-0.15, -0.1) is 0 Å². The minimum absolute atomic E-state index is 0.174. The van der Waals surface area contributed by atoms with E-state index < -0.39 is 5.41 Å². The number of hydrogen-bond acceptors (Lipinski definition) is 2. The van der Waals surface area contributed by atoms with Crippen molar-refractivity contribution in [2.24, 2.45) is 11.1 Å². The van der Waals surface area contributed by atoms with Gasteiger partial charge in [0.1, 0.15) is 0 Å². The van der Waals surface area contributed by atoms with E-state index in [0.717, 1.165) is 19.3 Å². The monoisotopic (exact) mass is 214 g/mol. The lowest BCUT2D eigenvalue weighted by molar-refractivity contribution is -0.141. The molecule has 0 radical (unpaired) electrons. The quantitative estimate of drug-likeness (QED) is 0.735. The van der Waals surface area contributed by atoms with Gasteiger partial charge in [0, 0.05) is 19.6 Å². The van der Waals surface area contributed by atoms with Crippen LogP contribution in [-0.2, 0) is 4.79 Å². The van der Waals surface area contributed by atoms with Gasteiger partial charge in [-0.25, -0.2) is 0 Å². The number of rotatable bonds is 6. The van der Waals surface area contributed by atoms with Crippen LogP contribution in [0.5, 0.6) is 0 Å². The van der Waals surface area contributed by atoms with Crippen molar-refractivity contribution in [3.8, 4) is 0 Å². The highest BCUT2D eigenvalue weighted by atomic mass is 16.2. The molecule has 0 aromatic heterocycles. The fraction of sp³-hybridized carbons (Fsp3) is 0.917. The molecule has 0 aliphatic carbocycles. The molecule has 0 aromatic rings. The van der Waals surface area contributed by atoms with E-state index >= 15 is 0 Å². The lowest BCUT2D eigenvalue weighted by atomic mass is 9.85. The minimum atomic E-state index is -0.392. The Morgan fingerprint density at radius 1 is 1.47 bits per heavy atom. The molecule has 0 spiro atoms. The van der Waals surface area contributed by atoms with Crippen LogP contribution in [0.1, 0.15) is 47.0 Å². The maximum absolute atomic E-state index is 12.2. The van der Waals surface area contributed by atoms with Crippen molar-refractivity contribution < 1.29 is 4.79 Å². The molecular weight excluding hydrogens is 188 g/mol. The molecule has 2 N–H and O–H groups in total. The molecule has 0 saturated carbocycles. The molecule has 15 heavy (non-hydrogen) atoms. The Morgan fingerprint density at radius 2 is 2.00 bits per heavy atom. The van der Waals surface area contributed by atoms with Gasteiger partial charge in [-0.3, -0.25) is 4.79 Å². The van der Waals surface area contributed by atoms with Crippen molar-refractivity contribution in [2.45, 2.75) is 53.0 Å². The molecule has 1 amide bonds. The lowest BCUT2D eigenvalue weighted by Gasteiger charge is -2.34. The lowest BCUT2D eigenvalue weighted by Crippen LogP contribution is -2.47. The van der Waals surface area contributed by atoms with Crippen LogP contribution in [0.4, 0.5) is 0 Å². The normalized spacial score (nSPS) is 16.9. The molecule has 0 bridgehead atoms. The molecule has 0 heterocycles. The molecule has 0 aliphatic heterocycles. The highest BCUT2D eigenvalue weighted by molar-refractivity contribution is 5.82. The van der Waals surface area contributed by atoms with Crippen LogP contribution in [0.2, 0.25) is 0 Å². The van der Waals surface area contributed by atoms with E-state index in [-0.39, 0.29) is 5.91 Å². The van der Waals surface area contributed by atoms with E-state index in [1.807, 2.05) is 25.8 Å². The second-order valence-electron chi connectivity index (χ2n) is 4.67. The van der Waals surface area contributed by atoms with Crippen LogP contribution in [-0.4, -0.2) is 30.4 Å². The molecule has 0 fully saturated rings. The van der Waals surface area contributed by atoms with Gasteiger partial charge in [0.05, 0.1) is 5.41 Å². The fourth-order valence-electron chi connectivity index (χ4n) is 1.62. The topological polar surface area (TPSA) is 46.3 Å². The predicted molar refractivity (Wildman–Crippen MR) is 64.6 cm³/mol. The van der Waals surface area contributed by atoms with Crippen molar-refractivity contribution in [2.75, 3.05) is 13.6 Å². The summed E-state index contributed by atoms with van der Waals surface area (Å²) in [5, 5.41) is 0. The number of carbonyl (C=O) groups is 1. The van der Waals surface area contributed by atoms with E-state index in [4.69, 9.17) is 5.73 Å². The number of carbonyl (C=O) groups excluding carboxylic acids is 1. The first-order valence-corrected chi connectivity index (χ1v) is 5.90. The fourth-order valence-corrected chi connectivity index (χ4v) is 1.62. The van der Waals surface area contributed by atoms with E-state index in [9.17, 15) is 4.79 Å². The Balaban J connectivity index is 4.54. The van der Waals surface area contributed by atoms with Crippen LogP contribution in [0.25, 0.3) is 0 Å². The van der Waals surface area contributed by atoms with Gasteiger partial charge < -0.3 is 10.6 Å². The second kappa shape index (κ2) is 6.11. The van der Waals surface area contributed by atoms with Gasteiger partial charge in [0.25, 0.3) is 0 Å². The minimum Gasteiger partial charge on any atom is -0.343 e. The largest absolute Gasteiger partial charge is 0.343 e. The highest BCUT2D eigenvalue weighted by Crippen LogP contribution is 2.23. The summed E-state index contributed by atoms with van der Waals surface area (Å²) in [5.74, 6) is 0.174. The summed E-state index contributed by atoms with van der Waals surface area (Å²) in [7, 11) is 1.88. The third-order valence-corrected chi connectivity index (χ3v) is 3.44. The van der Waals surface area contributed by atoms with Crippen LogP contribution in [0, 0.1) is 5.41 Å². The Hall–Kier alpha value is -0.570. The van der Waals surface area contributed by atoms with Gasteiger partial charge in [-0.2, -0.15) is 0 Å². The van der Waals surface area contributed by atoms with Gasteiger partial charge >= 0.3 is 0 Å². The zero-order chi connectivity index (χ0) is 12.1. The summed E-state index contributed by atoms with van der Waals surface area (Å²) in [6.07, 6.45) is 2.95. The zero-order valence-corrected chi connectivity index (χ0v) is 10.8. The van der Waals surface area contributed by atoms with Crippen molar-refractivity contribution in [1.82, 2.24) is 4.90 Å². The van der Waals surface area contributed by atoms with Crippen molar-refractivity contribution >= 4 is 5.91 Å². The molecule has 0 rings (SSSR count). The Morgan fingerprint density at radius 3 is 2.33 bits per heavy atom. The summed E-state index contributed by atoms with van der Waals surface area (Å²) < 4.78 is 0. The van der Waals surface area contributed by atoms with Crippen molar-refractivity contribution in [3.63, 3.8) is 0 Å². The predicted octanol–water partition coefficient (Wildman–Crippen LogP) is 2.01. The molecule has 0 saturated heterocycles. The standard InChI is InChI=1S/C12H26N2O/c1-6-8-10(3)14(5)11(15)12(4,7-2)9-13/h10H,6-9,13H2,1-5H3. The zero-order valence-electron chi connectivity index (χ0n) is 10.8. The third-order valence-electron chi connectivity index (χ3n) is 3.44. The van der Waals surface area contributed by atoms with Crippen molar-refractivity contribution in [3.05, 3.63) is 0 Å². The molecule has 0 aliphatic rings. The first-order valence-electron chi connectivity index (χ1n) is 5.90. The molecule has 2 unspecified atom stereocenters. The number of amides is 1. The van der Waals surface area contributed by atoms with Gasteiger partial charge in [-0.05, 0) is 26.7 Å². The summed E-state index contributed by atoms with van der Waals surface area (Å²) in [4.78, 5) is 14.0. The van der Waals surface area contributed by atoms with E-state index in [1.165, 1.54) is 0 Å². The average molecular weight is 214 g/mol. The summed E-state index contributed by atoms with van der Waals surface area (Å²) in [5.41, 5.74) is 5.29. The number of nitrogens with zero attached hydrogens (tertiary/aromatic N) is 1. The van der Waals surface area contributed by atoms with Crippen LogP contribution in [0.3, 0.4) is 0 Å². The summed E-state index contributed by atoms with van der Waals surface area (Å²) in [6.45, 7) is 8.61. The Kier molecular flexibility index (Phi) is 5.88. The Labute approximate surface area is 94.0 Å². The highest BCUT2D eigenvalue weighted by Gasteiger charge is 2.33. The Bertz CT molecular complexity index is 200. The van der Waals surface area contributed by atoms with Gasteiger partial charge in [-0.1, -0.05) is 20.3 Å². The smallest absolute Gasteiger partial charge is 0.229 e. The number of hydrogen-bond donors (Lipinski definition) is 1. The van der Waals surface area contributed by atoms with Crippen LogP contribution in [0.15, 0.2) is 0 Å². The molecule has 90 valence electrons. The maximum atomic E-state index is 12.2. The first kappa shape index (κ1) is 14.4. The molecule has 0 aromatic carbocycles. The average Bonchev–Trinajstić information content (AvgIpc) is 2.26. The van der Waals surface area contributed by atoms with Crippen molar-refractivity contribution in [1.29, 1.82) is 0 Å². The molecule has 2 atom stereocenters. The second-order valence-corrected chi connectivity index (χ2v) is 4.67. The summed E-state index contributed by atoms with van der Waals surface area (Å²) in [6, 6.07) is 0.305. The van der Waals surface area contributed by atoms with E-state index in [2.05, 4.69) is 13.8 Å². The molecule has 3 heteroatoms. The summed E-state index contributed by atoms with van der Waals surface area (Å²) >= 11 is 0. The van der Waals surface area contributed by atoms with E-state index in [1.54, 1.807) is 0 Å². The third kappa shape index (κ3) is 3.49. The maximum Gasteiger partial charge on any atom is 0.229 e.